The molecule has 0 atom stereocenters. The Morgan fingerprint density at radius 3 is 2.52 bits per heavy atom. The molecule has 0 spiro atoms. The van der Waals surface area contributed by atoms with Crippen LogP contribution in [0.3, 0.4) is 0 Å². The zero-order chi connectivity index (χ0) is 17.8. The Hall–Kier alpha value is -2.11. The average molecular weight is 369 g/mol. The number of thiazole rings is 1. The molecule has 3 rings (SSSR count). The molecule has 0 aliphatic heterocycles. The molecule has 1 amide bonds. The van der Waals surface area contributed by atoms with E-state index in [1.54, 1.807) is 23.1 Å². The van der Waals surface area contributed by atoms with Crippen molar-refractivity contribution in [3.63, 3.8) is 0 Å². The summed E-state index contributed by atoms with van der Waals surface area (Å²) < 4.78 is 1.03. The maximum absolute atomic E-state index is 12.7. The number of amides is 1. The molecule has 0 saturated heterocycles. The number of hydrogen-bond donors (Lipinski definition) is 1. The molecule has 0 radical (unpaired) electrons. The highest BCUT2D eigenvalue weighted by molar-refractivity contribution is 8.00. The lowest BCUT2D eigenvalue weighted by Gasteiger charge is -2.11. The third-order valence-corrected chi connectivity index (χ3v) is 5.88. The van der Waals surface area contributed by atoms with Crippen molar-refractivity contribution in [1.82, 2.24) is 4.98 Å². The molecule has 0 aliphatic rings. The molecular weight excluding hydrogens is 348 g/mol. The zero-order valence-electron chi connectivity index (χ0n) is 14.5. The van der Waals surface area contributed by atoms with Crippen LogP contribution in [0.4, 0.5) is 5.69 Å². The summed E-state index contributed by atoms with van der Waals surface area (Å²) in [6.45, 7) is 6.05. The summed E-state index contributed by atoms with van der Waals surface area (Å²) >= 11 is 3.30. The first-order chi connectivity index (χ1) is 12.0. The number of thioether (sulfide) groups is 1. The van der Waals surface area contributed by atoms with Gasteiger partial charge in [0.1, 0.15) is 4.34 Å². The second kappa shape index (κ2) is 7.85. The molecule has 0 unspecified atom stereocenters. The number of hydrogen-bond acceptors (Lipinski definition) is 4. The summed E-state index contributed by atoms with van der Waals surface area (Å²) in [4.78, 5) is 17.2. The van der Waals surface area contributed by atoms with E-state index in [1.807, 2.05) is 62.5 Å². The summed E-state index contributed by atoms with van der Waals surface area (Å²) in [7, 11) is 0. The van der Waals surface area contributed by atoms with Crippen LogP contribution in [-0.2, 0) is 5.75 Å². The molecular formula is C20H20N2OS2. The van der Waals surface area contributed by atoms with Gasteiger partial charge in [0, 0.05) is 28.1 Å². The van der Waals surface area contributed by atoms with Gasteiger partial charge in [-0.15, -0.1) is 11.3 Å². The monoisotopic (exact) mass is 368 g/mol. The minimum Gasteiger partial charge on any atom is -0.322 e. The van der Waals surface area contributed by atoms with Crippen LogP contribution < -0.4 is 5.32 Å². The van der Waals surface area contributed by atoms with Crippen LogP contribution >= 0.6 is 23.1 Å². The highest BCUT2D eigenvalue weighted by atomic mass is 32.2. The lowest BCUT2D eigenvalue weighted by molar-refractivity contribution is 0.102. The molecule has 1 heterocycles. The number of aryl methyl sites for hydroxylation is 3. The molecule has 3 aromatic rings. The first-order valence-electron chi connectivity index (χ1n) is 8.04. The van der Waals surface area contributed by atoms with E-state index in [0.717, 1.165) is 38.2 Å². The number of carbonyl (C=O) groups excluding carboxylic acids is 1. The van der Waals surface area contributed by atoms with Crippen molar-refractivity contribution in [3.8, 4) is 0 Å². The highest BCUT2D eigenvalue weighted by Gasteiger charge is 2.12. The van der Waals surface area contributed by atoms with Gasteiger partial charge >= 0.3 is 0 Å². The number of benzene rings is 2. The van der Waals surface area contributed by atoms with Crippen molar-refractivity contribution in [2.45, 2.75) is 30.9 Å². The fraction of sp³-hybridized carbons (Fsp3) is 0.200. The molecule has 0 saturated carbocycles. The predicted molar refractivity (Wildman–Crippen MR) is 107 cm³/mol. The maximum Gasteiger partial charge on any atom is 0.255 e. The van der Waals surface area contributed by atoms with Crippen LogP contribution in [-0.4, -0.2) is 10.9 Å². The van der Waals surface area contributed by atoms with E-state index >= 15 is 0 Å². The third-order valence-electron chi connectivity index (χ3n) is 3.69. The van der Waals surface area contributed by atoms with E-state index in [2.05, 4.69) is 16.4 Å². The molecule has 2 aromatic carbocycles. The lowest BCUT2D eigenvalue weighted by Crippen LogP contribution is -2.14. The summed E-state index contributed by atoms with van der Waals surface area (Å²) in [5.41, 5.74) is 5.87. The van der Waals surface area contributed by atoms with Gasteiger partial charge in [-0.3, -0.25) is 4.79 Å². The van der Waals surface area contributed by atoms with Crippen molar-refractivity contribution in [3.05, 3.63) is 75.8 Å². The third kappa shape index (κ3) is 4.71. The molecule has 0 aliphatic carbocycles. The first-order valence-corrected chi connectivity index (χ1v) is 9.90. The van der Waals surface area contributed by atoms with Crippen LogP contribution in [0.5, 0.6) is 0 Å². The van der Waals surface area contributed by atoms with Crippen molar-refractivity contribution in [1.29, 1.82) is 0 Å². The Kier molecular flexibility index (Phi) is 5.56. The Balaban J connectivity index is 1.76. The summed E-state index contributed by atoms with van der Waals surface area (Å²) in [5, 5.41) is 5.06. The zero-order valence-corrected chi connectivity index (χ0v) is 16.1. The average Bonchev–Trinajstić information content (AvgIpc) is 2.97. The quantitative estimate of drug-likeness (QED) is 0.595. The van der Waals surface area contributed by atoms with Crippen LogP contribution in [0.15, 0.2) is 52.2 Å². The van der Waals surface area contributed by atoms with E-state index < -0.39 is 0 Å². The fourth-order valence-electron chi connectivity index (χ4n) is 2.65. The van der Waals surface area contributed by atoms with Gasteiger partial charge in [-0.2, -0.15) is 0 Å². The van der Waals surface area contributed by atoms with Crippen molar-refractivity contribution in [2.24, 2.45) is 0 Å². The van der Waals surface area contributed by atoms with Gasteiger partial charge in [-0.1, -0.05) is 36.0 Å². The highest BCUT2D eigenvalue weighted by Crippen LogP contribution is 2.27. The van der Waals surface area contributed by atoms with Gasteiger partial charge in [0.15, 0.2) is 0 Å². The van der Waals surface area contributed by atoms with Crippen LogP contribution in [0.1, 0.15) is 32.7 Å². The number of aromatic nitrogens is 1. The van der Waals surface area contributed by atoms with Crippen LogP contribution in [0.25, 0.3) is 0 Å². The molecule has 25 heavy (non-hydrogen) atoms. The minimum atomic E-state index is -0.0727. The summed E-state index contributed by atoms with van der Waals surface area (Å²) in [6, 6.07) is 13.8. The SMILES string of the molecule is Cc1cc(C)cc(NC(=O)c2ccccc2CSc2nc(C)cs2)c1. The summed E-state index contributed by atoms with van der Waals surface area (Å²) in [5.74, 6) is 0.653. The van der Waals surface area contributed by atoms with E-state index in [1.165, 1.54) is 0 Å². The molecule has 128 valence electrons. The molecule has 3 nitrogen and oxygen atoms in total. The molecule has 0 bridgehead atoms. The second-order valence-corrected chi connectivity index (χ2v) is 8.11. The van der Waals surface area contributed by atoms with Gasteiger partial charge in [-0.25, -0.2) is 4.98 Å². The Labute approximate surface area is 156 Å². The van der Waals surface area contributed by atoms with Crippen LogP contribution in [0.2, 0.25) is 0 Å². The van der Waals surface area contributed by atoms with Gasteiger partial charge in [-0.05, 0) is 55.7 Å². The smallest absolute Gasteiger partial charge is 0.255 e. The lowest BCUT2D eigenvalue weighted by atomic mass is 10.1. The van der Waals surface area contributed by atoms with Gasteiger partial charge in [0.25, 0.3) is 5.91 Å². The number of nitrogens with one attached hydrogen (secondary N) is 1. The van der Waals surface area contributed by atoms with E-state index in [9.17, 15) is 4.79 Å². The van der Waals surface area contributed by atoms with E-state index in [0.29, 0.717) is 5.56 Å². The van der Waals surface area contributed by atoms with E-state index in [-0.39, 0.29) is 5.91 Å². The molecule has 0 fully saturated rings. The Morgan fingerprint density at radius 2 is 1.84 bits per heavy atom. The molecule has 1 aromatic heterocycles. The largest absolute Gasteiger partial charge is 0.322 e. The normalized spacial score (nSPS) is 10.7. The Morgan fingerprint density at radius 1 is 1.12 bits per heavy atom. The Bertz CT molecular complexity index is 882. The maximum atomic E-state index is 12.7. The topological polar surface area (TPSA) is 42.0 Å². The van der Waals surface area contributed by atoms with Gasteiger partial charge in [0.2, 0.25) is 0 Å². The number of carbonyl (C=O) groups is 1. The fourth-order valence-corrected chi connectivity index (χ4v) is 4.50. The minimum absolute atomic E-state index is 0.0727. The van der Waals surface area contributed by atoms with E-state index in [4.69, 9.17) is 0 Å². The number of rotatable bonds is 5. The van der Waals surface area contributed by atoms with Gasteiger partial charge < -0.3 is 5.32 Å². The van der Waals surface area contributed by atoms with Crippen LogP contribution in [0, 0.1) is 20.8 Å². The van der Waals surface area contributed by atoms with Gasteiger partial charge in [0.05, 0.1) is 0 Å². The predicted octanol–water partition coefficient (Wildman–Crippen LogP) is 5.61. The first kappa shape index (κ1) is 17.7. The second-order valence-electron chi connectivity index (χ2n) is 6.03. The van der Waals surface area contributed by atoms with Crippen molar-refractivity contribution >= 4 is 34.7 Å². The molecule has 1 N–H and O–H groups in total. The number of nitrogens with zero attached hydrogens (tertiary/aromatic N) is 1. The summed E-state index contributed by atoms with van der Waals surface area (Å²) in [6.07, 6.45) is 0. The standard InChI is InChI=1S/C20H20N2OS2/c1-13-8-14(2)10-17(9-13)22-19(23)18-7-5-4-6-16(18)12-25-20-21-15(3)11-24-20/h4-11H,12H2,1-3H3,(H,22,23). The molecule has 5 heteroatoms. The van der Waals surface area contributed by atoms with Crippen molar-refractivity contribution in [2.75, 3.05) is 5.32 Å². The van der Waals surface area contributed by atoms with Crippen molar-refractivity contribution < 1.29 is 4.79 Å². The number of anilines is 1.